The summed E-state index contributed by atoms with van der Waals surface area (Å²) in [5, 5.41) is 0. The van der Waals surface area contributed by atoms with E-state index < -0.39 is 0 Å². The van der Waals surface area contributed by atoms with Gasteiger partial charge in [0.25, 0.3) is 0 Å². The number of carbonyl (C=O) groups excluding carboxylic acids is 1. The van der Waals surface area contributed by atoms with Gasteiger partial charge in [-0.2, -0.15) is 0 Å². The van der Waals surface area contributed by atoms with Crippen molar-refractivity contribution in [3.05, 3.63) is 0 Å². The quantitative estimate of drug-likeness (QED) is 0.495. The van der Waals surface area contributed by atoms with E-state index in [-0.39, 0.29) is 38.7 Å². The maximum atomic E-state index is 10.0. The molecular formula is C4H6O2Y. The molecule has 0 aromatic rings. The number of esters is 1. The summed E-state index contributed by atoms with van der Waals surface area (Å²) < 4.78 is 4.51. The number of cyclic esters (lactones) is 1. The number of ether oxygens (including phenoxy) is 1. The Balaban J connectivity index is 0.000000360. The first-order chi connectivity index (χ1) is 2.89. The van der Waals surface area contributed by atoms with Crippen LogP contribution >= 0.6 is 0 Å². The van der Waals surface area contributed by atoms with Crippen molar-refractivity contribution in [3.8, 4) is 0 Å². The van der Waals surface area contributed by atoms with Crippen molar-refractivity contribution in [2.24, 2.45) is 0 Å². The third kappa shape index (κ3) is 2.40. The first-order valence-corrected chi connectivity index (χ1v) is 2.05. The fraction of sp³-hybridized carbons (Fsp3) is 0.750. The average Bonchev–Trinajstić information content (AvgIpc) is 1.86. The van der Waals surface area contributed by atoms with Gasteiger partial charge >= 0.3 is 5.97 Å². The van der Waals surface area contributed by atoms with E-state index in [2.05, 4.69) is 4.74 Å². The Morgan fingerprint density at radius 3 is 2.43 bits per heavy atom. The topological polar surface area (TPSA) is 26.3 Å². The zero-order valence-corrected chi connectivity index (χ0v) is 6.85. The summed E-state index contributed by atoms with van der Waals surface area (Å²) in [5.41, 5.74) is 0. The zero-order chi connectivity index (χ0) is 4.41. The molecule has 0 atom stereocenters. The molecule has 1 fully saturated rings. The van der Waals surface area contributed by atoms with Crippen LogP contribution in [0.15, 0.2) is 0 Å². The van der Waals surface area contributed by atoms with Gasteiger partial charge in [-0.25, -0.2) is 0 Å². The molecule has 0 N–H and O–H groups in total. The largest absolute Gasteiger partial charge is 0.466 e. The predicted octanol–water partition coefficient (Wildman–Crippen LogP) is 0.321. The Kier molecular flexibility index (Phi) is 3.85. The monoisotopic (exact) mass is 175 g/mol. The molecule has 1 aliphatic rings. The average molecular weight is 175 g/mol. The summed E-state index contributed by atoms with van der Waals surface area (Å²) in [4.78, 5) is 10.0. The van der Waals surface area contributed by atoms with Crippen molar-refractivity contribution < 1.29 is 42.2 Å². The van der Waals surface area contributed by atoms with Gasteiger partial charge in [0.15, 0.2) is 0 Å². The van der Waals surface area contributed by atoms with Crippen LogP contribution in [0, 0.1) is 0 Å². The van der Waals surface area contributed by atoms with Crippen LogP contribution in [-0.2, 0) is 42.2 Å². The summed E-state index contributed by atoms with van der Waals surface area (Å²) >= 11 is 0. The van der Waals surface area contributed by atoms with E-state index in [9.17, 15) is 4.79 Å². The maximum absolute atomic E-state index is 10.0. The van der Waals surface area contributed by atoms with E-state index in [1.165, 1.54) is 0 Å². The SMILES string of the molecule is O=C1CCCO1.[Y]. The first-order valence-electron chi connectivity index (χ1n) is 2.05. The van der Waals surface area contributed by atoms with Crippen molar-refractivity contribution in [2.75, 3.05) is 6.61 Å². The third-order valence-corrected chi connectivity index (χ3v) is 0.788. The van der Waals surface area contributed by atoms with Gasteiger partial charge in [-0.15, -0.1) is 0 Å². The van der Waals surface area contributed by atoms with Gasteiger partial charge < -0.3 is 4.74 Å². The van der Waals surface area contributed by atoms with Gasteiger partial charge in [0.05, 0.1) is 6.61 Å². The number of rotatable bonds is 0. The summed E-state index contributed by atoms with van der Waals surface area (Å²) in [6.07, 6.45) is 1.54. The standard InChI is InChI=1S/C4H6O2.Y/c5-4-2-1-3-6-4;/h1-3H2;. The van der Waals surface area contributed by atoms with E-state index in [0.29, 0.717) is 13.0 Å². The molecule has 0 spiro atoms. The number of carbonyl (C=O) groups is 1. The molecule has 0 aliphatic carbocycles. The van der Waals surface area contributed by atoms with Crippen molar-refractivity contribution in [3.63, 3.8) is 0 Å². The normalized spacial score (nSPS) is 18.0. The van der Waals surface area contributed by atoms with Gasteiger partial charge in [0.1, 0.15) is 0 Å². The number of hydrogen-bond donors (Lipinski definition) is 0. The van der Waals surface area contributed by atoms with Crippen molar-refractivity contribution in [2.45, 2.75) is 12.8 Å². The molecule has 3 heteroatoms. The van der Waals surface area contributed by atoms with E-state index in [4.69, 9.17) is 0 Å². The van der Waals surface area contributed by atoms with E-state index >= 15 is 0 Å². The first kappa shape index (κ1) is 7.57. The molecule has 0 aromatic carbocycles. The Morgan fingerprint density at radius 1 is 1.57 bits per heavy atom. The van der Waals surface area contributed by atoms with Gasteiger partial charge in [-0.3, -0.25) is 4.79 Å². The smallest absolute Gasteiger partial charge is 0.305 e. The minimum absolute atomic E-state index is 0. The molecule has 1 heterocycles. The van der Waals surface area contributed by atoms with Crippen LogP contribution in [0.25, 0.3) is 0 Å². The molecule has 1 saturated heterocycles. The van der Waals surface area contributed by atoms with Crippen molar-refractivity contribution in [1.29, 1.82) is 0 Å². The summed E-state index contributed by atoms with van der Waals surface area (Å²) in [5.74, 6) is -0.0463. The second-order valence-corrected chi connectivity index (χ2v) is 1.32. The summed E-state index contributed by atoms with van der Waals surface area (Å²) in [6, 6.07) is 0. The van der Waals surface area contributed by atoms with Crippen molar-refractivity contribution in [1.82, 2.24) is 0 Å². The number of hydrogen-bond acceptors (Lipinski definition) is 2. The Labute approximate surface area is 67.5 Å². The van der Waals surface area contributed by atoms with E-state index in [1.807, 2.05) is 0 Å². The molecule has 0 saturated carbocycles. The molecule has 1 aliphatic heterocycles. The second kappa shape index (κ2) is 3.56. The molecule has 7 heavy (non-hydrogen) atoms. The predicted molar refractivity (Wildman–Crippen MR) is 20.2 cm³/mol. The summed E-state index contributed by atoms with van der Waals surface area (Å²) in [7, 11) is 0. The molecule has 0 aromatic heterocycles. The Hall–Kier alpha value is 0.574. The molecule has 0 amide bonds. The fourth-order valence-corrected chi connectivity index (χ4v) is 0.475. The van der Waals surface area contributed by atoms with Crippen LogP contribution in [0.4, 0.5) is 0 Å². The maximum Gasteiger partial charge on any atom is 0.305 e. The van der Waals surface area contributed by atoms with Crippen LogP contribution in [0.1, 0.15) is 12.8 Å². The third-order valence-electron chi connectivity index (χ3n) is 0.788. The van der Waals surface area contributed by atoms with Crippen LogP contribution in [-0.4, -0.2) is 12.6 Å². The minimum atomic E-state index is -0.0463. The van der Waals surface area contributed by atoms with Crippen LogP contribution in [0.5, 0.6) is 0 Å². The molecule has 2 nitrogen and oxygen atoms in total. The minimum Gasteiger partial charge on any atom is -0.466 e. The summed E-state index contributed by atoms with van der Waals surface area (Å²) in [6.45, 7) is 0.638. The van der Waals surface area contributed by atoms with Crippen LogP contribution in [0.3, 0.4) is 0 Å². The Bertz CT molecular complexity index is 64.1. The Morgan fingerprint density at radius 2 is 2.29 bits per heavy atom. The fourth-order valence-electron chi connectivity index (χ4n) is 0.475. The van der Waals surface area contributed by atoms with Gasteiger partial charge in [0.2, 0.25) is 0 Å². The van der Waals surface area contributed by atoms with Gasteiger partial charge in [0, 0.05) is 39.1 Å². The van der Waals surface area contributed by atoms with E-state index in [0.717, 1.165) is 6.42 Å². The molecular weight excluding hydrogens is 169 g/mol. The van der Waals surface area contributed by atoms with Gasteiger partial charge in [-0.1, -0.05) is 0 Å². The van der Waals surface area contributed by atoms with Crippen LogP contribution in [0.2, 0.25) is 0 Å². The van der Waals surface area contributed by atoms with Crippen LogP contribution < -0.4 is 0 Å². The van der Waals surface area contributed by atoms with E-state index in [1.54, 1.807) is 0 Å². The second-order valence-electron chi connectivity index (χ2n) is 1.32. The molecule has 0 bridgehead atoms. The molecule has 37 valence electrons. The zero-order valence-electron chi connectivity index (χ0n) is 4.02. The molecule has 1 rings (SSSR count). The molecule has 0 unspecified atom stereocenters. The van der Waals surface area contributed by atoms with Gasteiger partial charge in [-0.05, 0) is 6.42 Å². The van der Waals surface area contributed by atoms with Crippen molar-refractivity contribution >= 4 is 5.97 Å². The molecule has 1 radical (unpaired) electrons.